The topological polar surface area (TPSA) is 76.7 Å². The van der Waals surface area contributed by atoms with Gasteiger partial charge < -0.3 is 20.1 Å². The molecule has 0 atom stereocenters. The standard InChI is InChI=1S/C20H24N2O4/c1-5-25-16-10-12-17(13-11-16)26-20(2,3)19(24)22-15-8-6-14(7-9-15)18(23)21-4/h6-13H,5H2,1-4H3,(H,21,23)(H,22,24). The molecular weight excluding hydrogens is 332 g/mol. The smallest absolute Gasteiger partial charge is 0.267 e. The number of hydrogen-bond acceptors (Lipinski definition) is 4. The van der Waals surface area contributed by atoms with Gasteiger partial charge in [0.2, 0.25) is 0 Å². The number of amides is 2. The van der Waals surface area contributed by atoms with E-state index in [2.05, 4.69) is 10.6 Å². The van der Waals surface area contributed by atoms with Gasteiger partial charge in [-0.25, -0.2) is 0 Å². The van der Waals surface area contributed by atoms with Crippen LogP contribution in [0.5, 0.6) is 11.5 Å². The Bertz CT molecular complexity index is 752. The van der Waals surface area contributed by atoms with Crippen LogP contribution in [0.4, 0.5) is 5.69 Å². The summed E-state index contributed by atoms with van der Waals surface area (Å²) in [5, 5.41) is 5.35. The van der Waals surface area contributed by atoms with Gasteiger partial charge in [-0.3, -0.25) is 9.59 Å². The molecule has 0 spiro atoms. The number of ether oxygens (including phenoxy) is 2. The minimum Gasteiger partial charge on any atom is -0.494 e. The molecule has 0 unspecified atom stereocenters. The highest BCUT2D eigenvalue weighted by atomic mass is 16.5. The van der Waals surface area contributed by atoms with Crippen molar-refractivity contribution >= 4 is 17.5 Å². The van der Waals surface area contributed by atoms with Crippen LogP contribution < -0.4 is 20.1 Å². The monoisotopic (exact) mass is 356 g/mol. The van der Waals surface area contributed by atoms with Gasteiger partial charge in [-0.05, 0) is 69.3 Å². The van der Waals surface area contributed by atoms with E-state index in [0.717, 1.165) is 5.75 Å². The number of hydrogen-bond donors (Lipinski definition) is 2. The second kappa shape index (κ2) is 8.38. The van der Waals surface area contributed by atoms with Gasteiger partial charge in [0.25, 0.3) is 11.8 Å². The Morgan fingerprint density at radius 2 is 1.54 bits per heavy atom. The molecule has 138 valence electrons. The Labute approximate surface area is 153 Å². The van der Waals surface area contributed by atoms with Crippen LogP contribution in [0.1, 0.15) is 31.1 Å². The maximum atomic E-state index is 12.5. The molecule has 6 nitrogen and oxygen atoms in total. The predicted octanol–water partition coefficient (Wildman–Crippen LogP) is 3.24. The molecule has 0 aliphatic heterocycles. The van der Waals surface area contributed by atoms with Crippen LogP contribution in [0.2, 0.25) is 0 Å². The summed E-state index contributed by atoms with van der Waals surface area (Å²) in [5.41, 5.74) is 0.0356. The second-order valence-electron chi connectivity index (χ2n) is 6.13. The fraction of sp³-hybridized carbons (Fsp3) is 0.300. The zero-order valence-electron chi connectivity index (χ0n) is 15.5. The summed E-state index contributed by atoms with van der Waals surface area (Å²) in [7, 11) is 1.57. The van der Waals surface area contributed by atoms with Gasteiger partial charge in [0.05, 0.1) is 6.61 Å². The molecule has 0 bridgehead atoms. The molecule has 2 N–H and O–H groups in total. The van der Waals surface area contributed by atoms with E-state index in [1.807, 2.05) is 6.92 Å². The Morgan fingerprint density at radius 3 is 2.08 bits per heavy atom. The molecule has 2 aromatic rings. The number of rotatable bonds is 7. The van der Waals surface area contributed by atoms with Crippen molar-refractivity contribution in [2.24, 2.45) is 0 Å². The van der Waals surface area contributed by atoms with Gasteiger partial charge in [0.15, 0.2) is 5.60 Å². The van der Waals surface area contributed by atoms with Crippen molar-refractivity contribution in [1.29, 1.82) is 0 Å². The summed E-state index contributed by atoms with van der Waals surface area (Å²) >= 11 is 0. The second-order valence-corrected chi connectivity index (χ2v) is 6.13. The fourth-order valence-corrected chi connectivity index (χ4v) is 2.24. The lowest BCUT2D eigenvalue weighted by molar-refractivity contribution is -0.128. The van der Waals surface area contributed by atoms with Crippen LogP contribution in [0, 0.1) is 0 Å². The normalized spacial score (nSPS) is 10.8. The van der Waals surface area contributed by atoms with Crippen molar-refractivity contribution < 1.29 is 19.1 Å². The molecule has 0 aromatic heterocycles. The number of benzene rings is 2. The molecule has 26 heavy (non-hydrogen) atoms. The summed E-state index contributed by atoms with van der Waals surface area (Å²) in [4.78, 5) is 24.1. The molecule has 0 saturated heterocycles. The highest BCUT2D eigenvalue weighted by Crippen LogP contribution is 2.23. The van der Waals surface area contributed by atoms with Crippen molar-refractivity contribution in [3.05, 3.63) is 54.1 Å². The van der Waals surface area contributed by atoms with E-state index in [9.17, 15) is 9.59 Å². The zero-order chi connectivity index (χ0) is 19.2. The van der Waals surface area contributed by atoms with Gasteiger partial charge in [0, 0.05) is 18.3 Å². The molecule has 0 aliphatic rings. The van der Waals surface area contributed by atoms with Gasteiger partial charge >= 0.3 is 0 Å². The van der Waals surface area contributed by atoms with Gasteiger partial charge in [0.1, 0.15) is 11.5 Å². The zero-order valence-corrected chi connectivity index (χ0v) is 15.5. The van der Waals surface area contributed by atoms with Crippen LogP contribution in [-0.2, 0) is 4.79 Å². The number of carbonyl (C=O) groups is 2. The number of anilines is 1. The Balaban J connectivity index is 2.01. The molecule has 0 heterocycles. The largest absolute Gasteiger partial charge is 0.494 e. The van der Waals surface area contributed by atoms with E-state index >= 15 is 0 Å². The number of nitrogens with one attached hydrogen (secondary N) is 2. The molecule has 2 rings (SSSR count). The summed E-state index contributed by atoms with van der Waals surface area (Å²) < 4.78 is 11.2. The number of carbonyl (C=O) groups excluding carboxylic acids is 2. The Hall–Kier alpha value is -3.02. The van der Waals surface area contributed by atoms with Gasteiger partial charge in [-0.2, -0.15) is 0 Å². The average molecular weight is 356 g/mol. The first-order chi connectivity index (χ1) is 12.4. The van der Waals surface area contributed by atoms with Crippen LogP contribution in [0.25, 0.3) is 0 Å². The summed E-state index contributed by atoms with van der Waals surface area (Å²) in [5.74, 6) is 0.850. The van der Waals surface area contributed by atoms with Crippen LogP contribution in [-0.4, -0.2) is 31.1 Å². The first-order valence-electron chi connectivity index (χ1n) is 8.41. The van der Waals surface area contributed by atoms with Crippen molar-refractivity contribution in [3.63, 3.8) is 0 Å². The lowest BCUT2D eigenvalue weighted by Crippen LogP contribution is -2.42. The Morgan fingerprint density at radius 1 is 0.962 bits per heavy atom. The molecule has 0 fully saturated rings. The van der Waals surface area contributed by atoms with Crippen molar-refractivity contribution in [2.45, 2.75) is 26.4 Å². The quantitative estimate of drug-likeness (QED) is 0.798. The summed E-state index contributed by atoms with van der Waals surface area (Å²) in [6.07, 6.45) is 0. The lowest BCUT2D eigenvalue weighted by Gasteiger charge is -2.25. The van der Waals surface area contributed by atoms with E-state index in [1.165, 1.54) is 0 Å². The maximum Gasteiger partial charge on any atom is 0.267 e. The van der Waals surface area contributed by atoms with Gasteiger partial charge in [-0.15, -0.1) is 0 Å². The van der Waals surface area contributed by atoms with E-state index in [-0.39, 0.29) is 11.8 Å². The first-order valence-corrected chi connectivity index (χ1v) is 8.41. The van der Waals surface area contributed by atoms with Crippen molar-refractivity contribution in [2.75, 3.05) is 19.0 Å². The minimum atomic E-state index is -1.08. The van der Waals surface area contributed by atoms with Crippen LogP contribution >= 0.6 is 0 Å². The third kappa shape index (κ3) is 4.99. The molecule has 2 aromatic carbocycles. The van der Waals surface area contributed by atoms with E-state index in [1.54, 1.807) is 69.4 Å². The SMILES string of the molecule is CCOc1ccc(OC(C)(C)C(=O)Nc2ccc(C(=O)NC)cc2)cc1. The van der Waals surface area contributed by atoms with E-state index < -0.39 is 5.60 Å². The summed E-state index contributed by atoms with van der Waals surface area (Å²) in [6.45, 7) is 5.89. The van der Waals surface area contributed by atoms with Crippen LogP contribution in [0.15, 0.2) is 48.5 Å². The van der Waals surface area contributed by atoms with Crippen molar-refractivity contribution in [3.8, 4) is 11.5 Å². The highest BCUT2D eigenvalue weighted by Gasteiger charge is 2.30. The molecule has 0 aliphatic carbocycles. The third-order valence-electron chi connectivity index (χ3n) is 3.69. The highest BCUT2D eigenvalue weighted by molar-refractivity contribution is 5.98. The maximum absolute atomic E-state index is 12.5. The van der Waals surface area contributed by atoms with E-state index in [0.29, 0.717) is 23.6 Å². The third-order valence-corrected chi connectivity index (χ3v) is 3.69. The molecule has 6 heteroatoms. The fourth-order valence-electron chi connectivity index (χ4n) is 2.24. The molecule has 2 amide bonds. The van der Waals surface area contributed by atoms with Crippen molar-refractivity contribution in [1.82, 2.24) is 5.32 Å². The minimum absolute atomic E-state index is 0.179. The van der Waals surface area contributed by atoms with Crippen LogP contribution in [0.3, 0.4) is 0 Å². The first kappa shape index (κ1) is 19.3. The lowest BCUT2D eigenvalue weighted by atomic mass is 10.1. The van der Waals surface area contributed by atoms with E-state index in [4.69, 9.17) is 9.47 Å². The predicted molar refractivity (Wildman–Crippen MR) is 101 cm³/mol. The molecular formula is C20H24N2O4. The van der Waals surface area contributed by atoms with Gasteiger partial charge in [-0.1, -0.05) is 0 Å². The molecule has 0 saturated carbocycles. The summed E-state index contributed by atoms with van der Waals surface area (Å²) in [6, 6.07) is 13.8. The average Bonchev–Trinajstić information content (AvgIpc) is 2.63. The Kier molecular flexibility index (Phi) is 6.22. The molecule has 0 radical (unpaired) electrons.